The molecule has 0 aliphatic carbocycles. The number of allylic oxidation sites excluding steroid dienone is 1. The third-order valence-electron chi connectivity index (χ3n) is 1.03. The topological polar surface area (TPSA) is 55.4 Å². The van der Waals surface area contributed by atoms with Crippen LogP contribution in [0.2, 0.25) is 0 Å². The van der Waals surface area contributed by atoms with Crippen molar-refractivity contribution < 1.29 is 14.4 Å². The van der Waals surface area contributed by atoms with Crippen LogP contribution in [0.5, 0.6) is 0 Å². The summed E-state index contributed by atoms with van der Waals surface area (Å²) in [7, 11) is 0. The molecule has 0 fully saturated rings. The third kappa shape index (κ3) is 4.13. The first kappa shape index (κ1) is 9.68. The van der Waals surface area contributed by atoms with Crippen LogP contribution in [0.3, 0.4) is 0 Å². The maximum atomic E-state index is 10.8. The minimum atomic E-state index is -0.529. The highest BCUT2D eigenvalue weighted by Crippen LogP contribution is 1.96. The molecule has 0 atom stereocenters. The fourth-order valence-corrected chi connectivity index (χ4v) is 0.548. The minimum Gasteiger partial charge on any atom is -0.336 e. The van der Waals surface area contributed by atoms with E-state index < -0.39 is 5.97 Å². The van der Waals surface area contributed by atoms with Gasteiger partial charge in [-0.3, -0.25) is 4.79 Å². The molecule has 1 N–H and O–H groups in total. The molecule has 0 aliphatic heterocycles. The van der Waals surface area contributed by atoms with Crippen LogP contribution in [0.1, 0.15) is 20.3 Å². The van der Waals surface area contributed by atoms with Gasteiger partial charge in [0.15, 0.2) is 0 Å². The van der Waals surface area contributed by atoms with Gasteiger partial charge in [-0.25, -0.2) is 4.79 Å². The number of carbonyl (C=O) groups is 2. The largest absolute Gasteiger partial charge is 0.358 e. The Morgan fingerprint density at radius 1 is 1.64 bits per heavy atom. The molecule has 0 aliphatic rings. The molecule has 0 aromatic carbocycles. The molecule has 0 heterocycles. The number of hydrogen-bond acceptors (Lipinski definition) is 3. The van der Waals surface area contributed by atoms with E-state index in [4.69, 9.17) is 0 Å². The average Bonchev–Trinajstić information content (AvgIpc) is 2.00. The van der Waals surface area contributed by atoms with Gasteiger partial charge < -0.3 is 4.84 Å². The standard InChI is InChI=1S/C7H11NO3/c1-3-4-6(2)7(10)11-8-5-9/h4-5H,3H2,1-2H3,(H,8,9). The van der Waals surface area contributed by atoms with E-state index >= 15 is 0 Å². The smallest absolute Gasteiger partial charge is 0.336 e. The summed E-state index contributed by atoms with van der Waals surface area (Å²) in [6.45, 7) is 3.53. The van der Waals surface area contributed by atoms with Crippen molar-refractivity contribution in [1.29, 1.82) is 0 Å². The Hall–Kier alpha value is -1.32. The van der Waals surface area contributed by atoms with E-state index in [1.807, 2.05) is 12.4 Å². The third-order valence-corrected chi connectivity index (χ3v) is 1.03. The first-order chi connectivity index (χ1) is 5.22. The molecule has 4 heteroatoms. The minimum absolute atomic E-state index is 0.303. The van der Waals surface area contributed by atoms with Crippen LogP contribution in [0, 0.1) is 0 Å². The molecular formula is C7H11NO3. The lowest BCUT2D eigenvalue weighted by atomic mass is 10.2. The Labute approximate surface area is 65.2 Å². The molecular weight excluding hydrogens is 146 g/mol. The van der Waals surface area contributed by atoms with Crippen molar-refractivity contribution in [2.45, 2.75) is 20.3 Å². The first-order valence-corrected chi connectivity index (χ1v) is 3.29. The molecule has 0 saturated carbocycles. The highest BCUT2D eigenvalue weighted by Gasteiger charge is 2.03. The van der Waals surface area contributed by atoms with Crippen molar-refractivity contribution in [3.8, 4) is 0 Å². The SMILES string of the molecule is CCC=C(C)C(=O)ONC=O. The van der Waals surface area contributed by atoms with Crippen molar-refractivity contribution in [2.24, 2.45) is 0 Å². The quantitative estimate of drug-likeness (QED) is 0.368. The van der Waals surface area contributed by atoms with Crippen molar-refractivity contribution in [2.75, 3.05) is 0 Å². The monoisotopic (exact) mass is 157 g/mol. The van der Waals surface area contributed by atoms with Gasteiger partial charge in [0.25, 0.3) is 0 Å². The summed E-state index contributed by atoms with van der Waals surface area (Å²) in [5, 5.41) is 0. The number of carbonyl (C=O) groups excluding carboxylic acids is 2. The van der Waals surface area contributed by atoms with Crippen LogP contribution in [-0.2, 0) is 14.4 Å². The van der Waals surface area contributed by atoms with Gasteiger partial charge in [-0.1, -0.05) is 13.0 Å². The summed E-state index contributed by atoms with van der Waals surface area (Å²) >= 11 is 0. The maximum absolute atomic E-state index is 10.8. The fraction of sp³-hybridized carbons (Fsp3) is 0.429. The molecule has 0 unspecified atom stereocenters. The maximum Gasteiger partial charge on any atom is 0.358 e. The fourth-order valence-electron chi connectivity index (χ4n) is 0.548. The number of hydrogen-bond donors (Lipinski definition) is 1. The molecule has 0 saturated heterocycles. The van der Waals surface area contributed by atoms with Gasteiger partial charge in [-0.15, -0.1) is 0 Å². The Kier molecular flexibility index (Phi) is 4.81. The number of hydroxylamine groups is 1. The molecule has 0 aromatic heterocycles. The molecule has 0 spiro atoms. The van der Waals surface area contributed by atoms with Crippen LogP contribution in [0.4, 0.5) is 0 Å². The lowest BCUT2D eigenvalue weighted by Crippen LogP contribution is -2.18. The van der Waals surface area contributed by atoms with Crippen molar-refractivity contribution >= 4 is 12.4 Å². The van der Waals surface area contributed by atoms with E-state index in [9.17, 15) is 9.59 Å². The van der Waals surface area contributed by atoms with Crippen molar-refractivity contribution in [3.63, 3.8) is 0 Å². The van der Waals surface area contributed by atoms with E-state index in [-0.39, 0.29) is 0 Å². The highest BCUT2D eigenvalue weighted by atomic mass is 16.7. The van der Waals surface area contributed by atoms with Gasteiger partial charge in [0.05, 0.1) is 0 Å². The molecule has 1 amide bonds. The Morgan fingerprint density at radius 2 is 2.27 bits per heavy atom. The second kappa shape index (κ2) is 5.46. The summed E-state index contributed by atoms with van der Waals surface area (Å²) < 4.78 is 0. The van der Waals surface area contributed by atoms with Gasteiger partial charge in [0.2, 0.25) is 6.41 Å². The second-order valence-electron chi connectivity index (χ2n) is 1.92. The van der Waals surface area contributed by atoms with Crippen LogP contribution >= 0.6 is 0 Å². The van der Waals surface area contributed by atoms with Crippen LogP contribution in [-0.4, -0.2) is 12.4 Å². The normalized spacial score (nSPS) is 10.5. The summed E-state index contributed by atoms with van der Waals surface area (Å²) in [6, 6.07) is 0. The van der Waals surface area contributed by atoms with Crippen LogP contribution in [0.25, 0.3) is 0 Å². The molecule has 0 radical (unpaired) electrons. The van der Waals surface area contributed by atoms with Gasteiger partial charge in [0.1, 0.15) is 0 Å². The predicted molar refractivity (Wildman–Crippen MR) is 39.3 cm³/mol. The summed E-state index contributed by atoms with van der Waals surface area (Å²) in [5.41, 5.74) is 2.30. The van der Waals surface area contributed by atoms with E-state index in [0.29, 0.717) is 12.0 Å². The molecule has 0 rings (SSSR count). The lowest BCUT2D eigenvalue weighted by molar-refractivity contribution is -0.150. The summed E-state index contributed by atoms with van der Waals surface area (Å²) in [6.07, 6.45) is 2.79. The predicted octanol–water partition coefficient (Wildman–Crippen LogP) is 0.547. The van der Waals surface area contributed by atoms with Crippen molar-refractivity contribution in [3.05, 3.63) is 11.6 Å². The summed E-state index contributed by atoms with van der Waals surface area (Å²) in [5.74, 6) is -0.529. The van der Waals surface area contributed by atoms with E-state index in [1.54, 1.807) is 13.0 Å². The molecule has 0 aromatic rings. The molecule has 4 nitrogen and oxygen atoms in total. The van der Waals surface area contributed by atoms with Crippen LogP contribution in [0.15, 0.2) is 11.6 Å². The van der Waals surface area contributed by atoms with E-state index in [1.165, 1.54) is 0 Å². The first-order valence-electron chi connectivity index (χ1n) is 3.29. The molecule has 62 valence electrons. The zero-order valence-electron chi connectivity index (χ0n) is 6.59. The Morgan fingerprint density at radius 3 is 2.73 bits per heavy atom. The second-order valence-corrected chi connectivity index (χ2v) is 1.92. The lowest BCUT2D eigenvalue weighted by Gasteiger charge is -1.99. The zero-order valence-corrected chi connectivity index (χ0v) is 6.59. The zero-order chi connectivity index (χ0) is 8.69. The van der Waals surface area contributed by atoms with E-state index in [0.717, 1.165) is 6.42 Å². The number of amides is 1. The van der Waals surface area contributed by atoms with Gasteiger partial charge in [0, 0.05) is 5.57 Å². The number of rotatable bonds is 4. The molecule has 0 bridgehead atoms. The molecule has 11 heavy (non-hydrogen) atoms. The average molecular weight is 157 g/mol. The highest BCUT2D eigenvalue weighted by molar-refractivity contribution is 5.87. The van der Waals surface area contributed by atoms with Gasteiger partial charge in [-0.2, -0.15) is 5.48 Å². The van der Waals surface area contributed by atoms with Gasteiger partial charge >= 0.3 is 5.97 Å². The van der Waals surface area contributed by atoms with E-state index in [2.05, 4.69) is 4.84 Å². The van der Waals surface area contributed by atoms with Crippen molar-refractivity contribution in [1.82, 2.24) is 5.48 Å². The van der Waals surface area contributed by atoms with Gasteiger partial charge in [-0.05, 0) is 13.3 Å². The Balaban J connectivity index is 3.82. The van der Waals surface area contributed by atoms with Crippen LogP contribution < -0.4 is 5.48 Å². The summed E-state index contributed by atoms with van der Waals surface area (Å²) in [4.78, 5) is 24.7. The Bertz CT molecular complexity index is 175. The number of nitrogens with one attached hydrogen (secondary N) is 1.